The number of hydrogen-bond donors (Lipinski definition) is 3. The molecule has 2 aromatic rings. The molecule has 7 nitrogen and oxygen atoms in total. The minimum atomic E-state index is -0.558. The van der Waals surface area contributed by atoms with Crippen molar-refractivity contribution in [2.24, 2.45) is 0 Å². The van der Waals surface area contributed by atoms with E-state index in [2.05, 4.69) is 27.5 Å². The third kappa shape index (κ3) is 3.85. The SMILES string of the molecule is CNc1cc(C)nc(Nc2cc3c(c(N4CC=CC[C@@H](O)C4)c2F)OCC3C)n1. The van der Waals surface area contributed by atoms with Crippen molar-refractivity contribution in [3.05, 3.63) is 41.4 Å². The molecule has 3 N–H and O–H groups in total. The van der Waals surface area contributed by atoms with Gasteiger partial charge in [0.25, 0.3) is 0 Å². The summed E-state index contributed by atoms with van der Waals surface area (Å²) in [6, 6.07) is 3.59. The lowest BCUT2D eigenvalue weighted by molar-refractivity contribution is 0.185. The Morgan fingerprint density at radius 1 is 1.28 bits per heavy atom. The van der Waals surface area contributed by atoms with Gasteiger partial charge in [-0.15, -0.1) is 0 Å². The Morgan fingerprint density at radius 2 is 2.10 bits per heavy atom. The molecule has 8 heteroatoms. The van der Waals surface area contributed by atoms with Crippen LogP contribution in [0.3, 0.4) is 0 Å². The number of anilines is 4. The number of benzene rings is 1. The van der Waals surface area contributed by atoms with Gasteiger partial charge in [-0.25, -0.2) is 9.37 Å². The summed E-state index contributed by atoms with van der Waals surface area (Å²) in [6.45, 7) is 5.26. The average Bonchev–Trinajstić information content (AvgIpc) is 2.91. The van der Waals surface area contributed by atoms with Crippen molar-refractivity contribution in [1.82, 2.24) is 9.97 Å². The summed E-state index contributed by atoms with van der Waals surface area (Å²) >= 11 is 0. The van der Waals surface area contributed by atoms with Crippen LogP contribution in [0.5, 0.6) is 5.75 Å². The summed E-state index contributed by atoms with van der Waals surface area (Å²) in [7, 11) is 1.77. The predicted molar refractivity (Wildman–Crippen MR) is 112 cm³/mol. The highest BCUT2D eigenvalue weighted by molar-refractivity contribution is 5.74. The van der Waals surface area contributed by atoms with Crippen molar-refractivity contribution in [1.29, 1.82) is 0 Å². The van der Waals surface area contributed by atoms with Crippen LogP contribution in [0.2, 0.25) is 0 Å². The topological polar surface area (TPSA) is 82.5 Å². The highest BCUT2D eigenvalue weighted by Crippen LogP contribution is 2.46. The first kappa shape index (κ1) is 19.4. The molecule has 1 aromatic heterocycles. The van der Waals surface area contributed by atoms with E-state index in [1.165, 1.54) is 0 Å². The maximum atomic E-state index is 15.7. The summed E-state index contributed by atoms with van der Waals surface area (Å²) in [4.78, 5) is 10.6. The number of aromatic nitrogens is 2. The third-order valence-electron chi connectivity index (χ3n) is 5.23. The van der Waals surface area contributed by atoms with Crippen LogP contribution in [-0.2, 0) is 0 Å². The number of halogens is 1. The molecule has 2 atom stereocenters. The number of ether oxygens (including phenoxy) is 1. The number of β-amino-alcohol motifs (C(OH)–C–C–N with tert-alkyl or cyclic N) is 1. The maximum absolute atomic E-state index is 15.7. The van der Waals surface area contributed by atoms with Crippen LogP contribution in [-0.4, -0.2) is 47.9 Å². The molecule has 1 aromatic carbocycles. The highest BCUT2D eigenvalue weighted by atomic mass is 19.1. The Balaban J connectivity index is 1.78. The number of aryl methyl sites for hydroxylation is 1. The van der Waals surface area contributed by atoms with E-state index < -0.39 is 11.9 Å². The van der Waals surface area contributed by atoms with Gasteiger partial charge in [-0.05, 0) is 19.4 Å². The normalized spacial score (nSPS) is 20.8. The Kier molecular flexibility index (Phi) is 5.27. The van der Waals surface area contributed by atoms with Crippen LogP contribution in [0.25, 0.3) is 0 Å². The minimum Gasteiger partial charge on any atom is -0.490 e. The van der Waals surface area contributed by atoms with E-state index in [0.29, 0.717) is 55.0 Å². The van der Waals surface area contributed by atoms with Gasteiger partial charge < -0.3 is 25.4 Å². The van der Waals surface area contributed by atoms with Gasteiger partial charge in [0.1, 0.15) is 17.3 Å². The summed E-state index contributed by atoms with van der Waals surface area (Å²) in [5.41, 5.74) is 2.38. The molecule has 1 unspecified atom stereocenters. The van der Waals surface area contributed by atoms with Crippen molar-refractivity contribution in [2.75, 3.05) is 42.3 Å². The molecule has 0 spiro atoms. The molecule has 4 rings (SSSR count). The zero-order valence-electron chi connectivity index (χ0n) is 16.9. The van der Waals surface area contributed by atoms with Crippen LogP contribution in [0.1, 0.15) is 30.5 Å². The molecule has 0 radical (unpaired) electrons. The van der Waals surface area contributed by atoms with Crippen LogP contribution >= 0.6 is 0 Å². The number of aliphatic hydroxyl groups is 1. The molecule has 29 heavy (non-hydrogen) atoms. The van der Waals surface area contributed by atoms with Crippen molar-refractivity contribution < 1.29 is 14.2 Å². The zero-order valence-corrected chi connectivity index (χ0v) is 16.9. The first-order valence-electron chi connectivity index (χ1n) is 9.84. The summed E-state index contributed by atoms with van der Waals surface area (Å²) < 4.78 is 21.6. The van der Waals surface area contributed by atoms with Crippen molar-refractivity contribution in [3.8, 4) is 5.75 Å². The molecule has 0 fully saturated rings. The van der Waals surface area contributed by atoms with Gasteiger partial charge in [0.05, 0.1) is 18.4 Å². The molecule has 0 bridgehead atoms. The van der Waals surface area contributed by atoms with E-state index in [1.54, 1.807) is 13.1 Å². The third-order valence-corrected chi connectivity index (χ3v) is 5.23. The second kappa shape index (κ2) is 7.87. The lowest BCUT2D eigenvalue weighted by Crippen LogP contribution is -2.32. The highest BCUT2D eigenvalue weighted by Gasteiger charge is 2.31. The lowest BCUT2D eigenvalue weighted by Gasteiger charge is -2.27. The Hall–Kier alpha value is -2.87. The first-order valence-corrected chi connectivity index (χ1v) is 9.84. The fraction of sp³-hybridized carbons (Fsp3) is 0.429. The van der Waals surface area contributed by atoms with E-state index in [9.17, 15) is 5.11 Å². The van der Waals surface area contributed by atoms with Crippen LogP contribution in [0.15, 0.2) is 24.3 Å². The number of hydrogen-bond acceptors (Lipinski definition) is 7. The first-order chi connectivity index (χ1) is 14.0. The molecular weight excluding hydrogens is 373 g/mol. The Bertz CT molecular complexity index is 949. The van der Waals surface area contributed by atoms with E-state index in [0.717, 1.165) is 11.3 Å². The number of nitrogens with zero attached hydrogens (tertiary/aromatic N) is 3. The second-order valence-electron chi connectivity index (χ2n) is 7.58. The molecule has 2 aliphatic rings. The fourth-order valence-corrected chi connectivity index (χ4v) is 3.75. The molecule has 0 aliphatic carbocycles. The van der Waals surface area contributed by atoms with Gasteiger partial charge in [0.2, 0.25) is 5.95 Å². The van der Waals surface area contributed by atoms with Gasteiger partial charge in [0.15, 0.2) is 5.82 Å². The molecule has 0 saturated carbocycles. The number of nitrogens with one attached hydrogen (secondary N) is 2. The lowest BCUT2D eigenvalue weighted by atomic mass is 10.0. The number of fused-ring (bicyclic) bond motifs is 1. The Labute approximate surface area is 169 Å². The average molecular weight is 399 g/mol. The molecule has 154 valence electrons. The van der Waals surface area contributed by atoms with E-state index in [-0.39, 0.29) is 5.92 Å². The van der Waals surface area contributed by atoms with Gasteiger partial charge >= 0.3 is 0 Å². The second-order valence-corrected chi connectivity index (χ2v) is 7.58. The monoisotopic (exact) mass is 399 g/mol. The molecule has 0 amide bonds. The van der Waals surface area contributed by atoms with Crippen molar-refractivity contribution >= 4 is 23.1 Å². The van der Waals surface area contributed by atoms with Crippen molar-refractivity contribution in [3.63, 3.8) is 0 Å². The molecular formula is C21H26FN5O2. The van der Waals surface area contributed by atoms with E-state index >= 15 is 4.39 Å². The maximum Gasteiger partial charge on any atom is 0.229 e. The summed E-state index contributed by atoms with van der Waals surface area (Å²) in [5.74, 6) is 1.24. The van der Waals surface area contributed by atoms with Crippen LogP contribution in [0, 0.1) is 12.7 Å². The van der Waals surface area contributed by atoms with E-state index in [1.807, 2.05) is 30.0 Å². The van der Waals surface area contributed by atoms with Gasteiger partial charge in [0, 0.05) is 43.4 Å². The van der Waals surface area contributed by atoms with Crippen LogP contribution in [0.4, 0.5) is 27.5 Å². The predicted octanol–water partition coefficient (Wildman–Crippen LogP) is 3.33. The standard InChI is InChI=1S/C21H26FN5O2/c1-12-11-29-20-15(12)9-16(25-21-24-13(2)8-17(23-3)26-21)18(22)19(20)27-7-5-4-6-14(28)10-27/h4-5,8-9,12,14,28H,6-7,10-11H2,1-3H3,(H2,23,24,25,26)/t12?,14-/m1/s1. The van der Waals surface area contributed by atoms with Gasteiger partial charge in [-0.2, -0.15) is 4.98 Å². The number of aliphatic hydroxyl groups excluding tert-OH is 1. The zero-order chi connectivity index (χ0) is 20.5. The largest absolute Gasteiger partial charge is 0.490 e. The summed E-state index contributed by atoms with van der Waals surface area (Å²) in [6.07, 6.45) is 3.87. The molecule has 2 aliphatic heterocycles. The minimum absolute atomic E-state index is 0.142. The van der Waals surface area contributed by atoms with Gasteiger partial charge in [-0.1, -0.05) is 19.1 Å². The fourth-order valence-electron chi connectivity index (χ4n) is 3.75. The number of rotatable bonds is 4. The van der Waals surface area contributed by atoms with Crippen LogP contribution < -0.4 is 20.3 Å². The molecule has 3 heterocycles. The smallest absolute Gasteiger partial charge is 0.229 e. The molecule has 0 saturated heterocycles. The Morgan fingerprint density at radius 3 is 2.90 bits per heavy atom. The quantitative estimate of drug-likeness (QED) is 0.680. The van der Waals surface area contributed by atoms with E-state index in [4.69, 9.17) is 4.74 Å². The van der Waals surface area contributed by atoms with Crippen molar-refractivity contribution in [2.45, 2.75) is 32.3 Å². The van der Waals surface area contributed by atoms with Gasteiger partial charge in [-0.3, -0.25) is 0 Å². The summed E-state index contributed by atoms with van der Waals surface area (Å²) in [5, 5.41) is 16.2.